The van der Waals surface area contributed by atoms with Crippen LogP contribution in [0.25, 0.3) is 0 Å². The minimum Gasteiger partial charge on any atom is -0.480 e. The Bertz CT molecular complexity index is 526. The zero-order valence-electron chi connectivity index (χ0n) is 11.3. The summed E-state index contributed by atoms with van der Waals surface area (Å²) >= 11 is 0. The van der Waals surface area contributed by atoms with E-state index in [4.69, 9.17) is 10.8 Å². The maximum absolute atomic E-state index is 12.0. The van der Waals surface area contributed by atoms with Crippen molar-refractivity contribution in [2.75, 3.05) is 18.4 Å². The van der Waals surface area contributed by atoms with Crippen LogP contribution in [0.15, 0.2) is 18.2 Å². The van der Waals surface area contributed by atoms with Gasteiger partial charge in [-0.3, -0.25) is 9.59 Å². The summed E-state index contributed by atoms with van der Waals surface area (Å²) in [7, 11) is 0. The molecule has 7 heteroatoms. The third kappa shape index (κ3) is 4.60. The van der Waals surface area contributed by atoms with Gasteiger partial charge in [-0.15, -0.1) is 0 Å². The van der Waals surface area contributed by atoms with Crippen LogP contribution in [0, 0.1) is 13.8 Å². The van der Waals surface area contributed by atoms with Gasteiger partial charge in [0, 0.05) is 5.69 Å². The summed E-state index contributed by atoms with van der Waals surface area (Å²) in [6, 6.07) is 4.73. The number of aryl methyl sites for hydroxylation is 2. The van der Waals surface area contributed by atoms with Crippen LogP contribution in [0.1, 0.15) is 11.1 Å². The molecule has 0 aliphatic heterocycles. The van der Waals surface area contributed by atoms with Gasteiger partial charge in [-0.05, 0) is 25.5 Å². The van der Waals surface area contributed by atoms with Gasteiger partial charge in [0.2, 0.25) is 5.91 Å². The highest BCUT2D eigenvalue weighted by atomic mass is 16.4. The van der Waals surface area contributed by atoms with Gasteiger partial charge >= 0.3 is 12.0 Å². The van der Waals surface area contributed by atoms with Crippen LogP contribution >= 0.6 is 0 Å². The molecule has 7 nitrogen and oxygen atoms in total. The van der Waals surface area contributed by atoms with Crippen LogP contribution in [0.3, 0.4) is 0 Å². The van der Waals surface area contributed by atoms with E-state index in [1.54, 1.807) is 6.07 Å². The number of nitrogens with two attached hydrogens (primary N) is 1. The summed E-state index contributed by atoms with van der Waals surface area (Å²) in [6.45, 7) is 2.68. The molecule has 0 aliphatic carbocycles. The first-order chi connectivity index (χ1) is 9.29. The maximum Gasteiger partial charge on any atom is 0.323 e. The molecular formula is C13H17N3O4. The lowest BCUT2D eigenvalue weighted by atomic mass is 10.1. The lowest BCUT2D eigenvalue weighted by Crippen LogP contribution is -2.43. The molecular weight excluding hydrogens is 262 g/mol. The van der Waals surface area contributed by atoms with E-state index in [0.717, 1.165) is 16.0 Å². The standard InChI is InChI=1S/C13H17N3O4/c1-8-3-4-10(9(2)5-8)15-13(20)16(6-11(14)17)7-12(18)19/h3-5H,6-7H2,1-2H3,(H2,14,17)(H,15,20)(H,18,19). The quantitative estimate of drug-likeness (QED) is 0.736. The van der Waals surface area contributed by atoms with E-state index in [2.05, 4.69) is 5.32 Å². The van der Waals surface area contributed by atoms with Crippen molar-refractivity contribution >= 4 is 23.6 Å². The third-order valence-electron chi connectivity index (χ3n) is 2.58. The second kappa shape index (κ2) is 6.55. The largest absolute Gasteiger partial charge is 0.480 e. The Labute approximate surface area is 116 Å². The van der Waals surface area contributed by atoms with Gasteiger partial charge in [-0.1, -0.05) is 17.7 Å². The molecule has 0 spiro atoms. The summed E-state index contributed by atoms with van der Waals surface area (Å²) in [5.41, 5.74) is 7.43. The molecule has 0 radical (unpaired) electrons. The van der Waals surface area contributed by atoms with Crippen molar-refractivity contribution < 1.29 is 19.5 Å². The van der Waals surface area contributed by atoms with Crippen molar-refractivity contribution in [1.82, 2.24) is 4.90 Å². The average Bonchev–Trinajstić information content (AvgIpc) is 2.30. The molecule has 0 heterocycles. The summed E-state index contributed by atoms with van der Waals surface area (Å²) in [6.07, 6.45) is 0. The monoisotopic (exact) mass is 279 g/mol. The molecule has 0 saturated carbocycles. The Morgan fingerprint density at radius 3 is 2.40 bits per heavy atom. The zero-order chi connectivity index (χ0) is 15.3. The van der Waals surface area contributed by atoms with Crippen LogP contribution in [-0.2, 0) is 9.59 Å². The van der Waals surface area contributed by atoms with Crippen LogP contribution in [0.5, 0.6) is 0 Å². The topological polar surface area (TPSA) is 113 Å². The van der Waals surface area contributed by atoms with E-state index in [0.29, 0.717) is 5.69 Å². The van der Waals surface area contributed by atoms with Gasteiger partial charge in [0.1, 0.15) is 13.1 Å². The third-order valence-corrected chi connectivity index (χ3v) is 2.58. The maximum atomic E-state index is 12.0. The number of rotatable bonds is 5. The predicted octanol–water partition coefficient (Wildman–Crippen LogP) is 0.707. The highest BCUT2D eigenvalue weighted by Crippen LogP contribution is 2.16. The Balaban J connectivity index is 2.84. The number of urea groups is 1. The van der Waals surface area contributed by atoms with E-state index in [1.165, 1.54) is 0 Å². The number of carbonyl (C=O) groups excluding carboxylic acids is 2. The molecule has 1 aromatic carbocycles. The van der Waals surface area contributed by atoms with Gasteiger partial charge in [0.05, 0.1) is 0 Å². The SMILES string of the molecule is Cc1ccc(NC(=O)N(CC(N)=O)CC(=O)O)c(C)c1. The van der Waals surface area contributed by atoms with Crippen molar-refractivity contribution in [3.05, 3.63) is 29.3 Å². The van der Waals surface area contributed by atoms with Crippen molar-refractivity contribution in [2.24, 2.45) is 5.73 Å². The van der Waals surface area contributed by atoms with E-state index >= 15 is 0 Å². The smallest absolute Gasteiger partial charge is 0.323 e. The number of anilines is 1. The second-order valence-electron chi connectivity index (χ2n) is 4.46. The fraction of sp³-hybridized carbons (Fsp3) is 0.308. The first-order valence-corrected chi connectivity index (χ1v) is 5.93. The second-order valence-corrected chi connectivity index (χ2v) is 4.46. The number of amides is 3. The van der Waals surface area contributed by atoms with Gasteiger partial charge in [0.25, 0.3) is 0 Å². The molecule has 0 aromatic heterocycles. The van der Waals surface area contributed by atoms with Crippen molar-refractivity contribution in [3.63, 3.8) is 0 Å². The first kappa shape index (κ1) is 15.5. The summed E-state index contributed by atoms with van der Waals surface area (Å²) in [4.78, 5) is 34.4. The van der Waals surface area contributed by atoms with Crippen molar-refractivity contribution in [3.8, 4) is 0 Å². The van der Waals surface area contributed by atoms with Crippen LogP contribution in [0.2, 0.25) is 0 Å². The lowest BCUT2D eigenvalue weighted by molar-refractivity contribution is -0.137. The van der Waals surface area contributed by atoms with E-state index in [9.17, 15) is 14.4 Å². The molecule has 1 aromatic rings. The molecule has 3 amide bonds. The molecule has 0 aliphatic rings. The van der Waals surface area contributed by atoms with Gasteiger partial charge in [-0.25, -0.2) is 4.79 Å². The van der Waals surface area contributed by atoms with Crippen LogP contribution in [-0.4, -0.2) is 41.0 Å². The van der Waals surface area contributed by atoms with E-state index < -0.39 is 31.0 Å². The minimum atomic E-state index is -1.22. The molecule has 0 bridgehead atoms. The molecule has 0 saturated heterocycles. The number of carboxylic acid groups (broad SMARTS) is 1. The molecule has 0 atom stereocenters. The Kier molecular flexibility index (Phi) is 5.08. The summed E-state index contributed by atoms with van der Waals surface area (Å²) in [5.74, 6) is -2.00. The number of aliphatic carboxylic acids is 1. The Morgan fingerprint density at radius 2 is 1.90 bits per heavy atom. The average molecular weight is 279 g/mol. The number of nitrogens with one attached hydrogen (secondary N) is 1. The van der Waals surface area contributed by atoms with E-state index in [-0.39, 0.29) is 0 Å². The molecule has 20 heavy (non-hydrogen) atoms. The predicted molar refractivity (Wildman–Crippen MR) is 73.3 cm³/mol. The highest BCUT2D eigenvalue weighted by Gasteiger charge is 2.19. The van der Waals surface area contributed by atoms with Gasteiger partial charge < -0.3 is 21.1 Å². The van der Waals surface area contributed by atoms with Crippen molar-refractivity contribution in [1.29, 1.82) is 0 Å². The normalized spacial score (nSPS) is 9.90. The fourth-order valence-corrected chi connectivity index (χ4v) is 1.70. The molecule has 108 valence electrons. The van der Waals surface area contributed by atoms with Gasteiger partial charge in [-0.2, -0.15) is 0 Å². The Hall–Kier alpha value is -2.57. The Morgan fingerprint density at radius 1 is 1.25 bits per heavy atom. The number of hydrogen-bond acceptors (Lipinski definition) is 3. The van der Waals surface area contributed by atoms with Crippen LogP contribution < -0.4 is 11.1 Å². The van der Waals surface area contributed by atoms with E-state index in [1.807, 2.05) is 26.0 Å². The number of hydrogen-bond donors (Lipinski definition) is 3. The number of carbonyl (C=O) groups is 3. The molecule has 1 rings (SSSR count). The molecule has 0 unspecified atom stereocenters. The number of carboxylic acids is 1. The number of nitrogens with zero attached hydrogens (tertiary/aromatic N) is 1. The zero-order valence-corrected chi connectivity index (χ0v) is 11.3. The number of benzene rings is 1. The molecule has 0 fully saturated rings. The summed E-state index contributed by atoms with van der Waals surface area (Å²) in [5, 5.41) is 11.3. The summed E-state index contributed by atoms with van der Waals surface area (Å²) < 4.78 is 0. The number of primary amides is 1. The minimum absolute atomic E-state index is 0.455. The lowest BCUT2D eigenvalue weighted by Gasteiger charge is -2.20. The first-order valence-electron chi connectivity index (χ1n) is 5.93. The highest BCUT2D eigenvalue weighted by molar-refractivity contribution is 5.94. The van der Waals surface area contributed by atoms with Crippen LogP contribution in [0.4, 0.5) is 10.5 Å². The van der Waals surface area contributed by atoms with Gasteiger partial charge in [0.15, 0.2) is 0 Å². The van der Waals surface area contributed by atoms with Crippen molar-refractivity contribution in [2.45, 2.75) is 13.8 Å². The fourth-order valence-electron chi connectivity index (χ4n) is 1.70. The molecule has 4 N–H and O–H groups in total.